The fourth-order valence-corrected chi connectivity index (χ4v) is 1.82. The van der Waals surface area contributed by atoms with Gasteiger partial charge in [0.2, 0.25) is 0 Å². The summed E-state index contributed by atoms with van der Waals surface area (Å²) in [5.74, 6) is -0.936. The summed E-state index contributed by atoms with van der Waals surface area (Å²) in [5, 5.41) is 11.9. The Balaban J connectivity index is 2.09. The van der Waals surface area contributed by atoms with Gasteiger partial charge in [-0.25, -0.2) is 4.79 Å². The van der Waals surface area contributed by atoms with Crippen molar-refractivity contribution in [3.63, 3.8) is 0 Å². The Labute approximate surface area is 120 Å². The summed E-state index contributed by atoms with van der Waals surface area (Å²) in [7, 11) is 0. The number of alkyl halides is 2. The minimum absolute atomic E-state index is 0.0920. The van der Waals surface area contributed by atoms with E-state index in [1.807, 2.05) is 0 Å². The molecule has 0 saturated carbocycles. The molecule has 0 spiro atoms. The SMILES string of the molecule is O=C(O)c1cccc(NCc2ccccc2OC(F)F)c1. The quantitative estimate of drug-likeness (QED) is 0.854. The highest BCUT2D eigenvalue weighted by Crippen LogP contribution is 2.21. The molecule has 0 amide bonds. The summed E-state index contributed by atoms with van der Waals surface area (Å²) in [6, 6.07) is 12.7. The fraction of sp³-hybridized carbons (Fsp3) is 0.133. The summed E-state index contributed by atoms with van der Waals surface area (Å²) in [6.45, 7) is -2.65. The van der Waals surface area contributed by atoms with Gasteiger partial charge in [0, 0.05) is 17.8 Å². The molecule has 0 saturated heterocycles. The zero-order valence-electron chi connectivity index (χ0n) is 10.9. The molecule has 0 aliphatic carbocycles. The largest absolute Gasteiger partial charge is 0.478 e. The van der Waals surface area contributed by atoms with E-state index >= 15 is 0 Å². The molecular formula is C15H13F2NO3. The van der Waals surface area contributed by atoms with Crippen LogP contribution in [0.3, 0.4) is 0 Å². The third-order valence-electron chi connectivity index (χ3n) is 2.78. The van der Waals surface area contributed by atoms with E-state index in [-0.39, 0.29) is 17.9 Å². The number of carboxylic acid groups (broad SMARTS) is 1. The lowest BCUT2D eigenvalue weighted by Crippen LogP contribution is -2.07. The molecule has 2 rings (SSSR count). The van der Waals surface area contributed by atoms with Crippen LogP contribution in [0, 0.1) is 0 Å². The maximum atomic E-state index is 12.3. The Bertz CT molecular complexity index is 632. The Morgan fingerprint density at radius 3 is 2.67 bits per heavy atom. The van der Waals surface area contributed by atoms with Crippen molar-refractivity contribution >= 4 is 11.7 Å². The number of rotatable bonds is 6. The van der Waals surface area contributed by atoms with E-state index in [9.17, 15) is 13.6 Å². The number of halogens is 2. The molecule has 0 aliphatic heterocycles. The van der Waals surface area contributed by atoms with Crippen molar-refractivity contribution in [1.29, 1.82) is 0 Å². The standard InChI is InChI=1S/C15H13F2NO3/c16-15(17)21-13-7-2-1-4-11(13)9-18-12-6-3-5-10(8-12)14(19)20/h1-8,15,18H,9H2,(H,19,20). The molecule has 0 aromatic heterocycles. The molecule has 21 heavy (non-hydrogen) atoms. The Kier molecular flexibility index (Phi) is 4.71. The van der Waals surface area contributed by atoms with Crippen LogP contribution in [-0.2, 0) is 6.54 Å². The summed E-state index contributed by atoms with van der Waals surface area (Å²) < 4.78 is 29.0. The number of ether oxygens (including phenoxy) is 1. The van der Waals surface area contributed by atoms with Crippen molar-refractivity contribution < 1.29 is 23.4 Å². The maximum Gasteiger partial charge on any atom is 0.387 e. The summed E-state index contributed by atoms with van der Waals surface area (Å²) >= 11 is 0. The van der Waals surface area contributed by atoms with E-state index in [0.717, 1.165) is 0 Å². The lowest BCUT2D eigenvalue weighted by Gasteiger charge is -2.12. The van der Waals surface area contributed by atoms with Crippen LogP contribution in [0.5, 0.6) is 5.75 Å². The predicted molar refractivity (Wildman–Crippen MR) is 73.8 cm³/mol. The van der Waals surface area contributed by atoms with Crippen LogP contribution in [0.4, 0.5) is 14.5 Å². The normalized spacial score (nSPS) is 10.4. The number of anilines is 1. The molecule has 0 unspecified atom stereocenters. The number of hydrogen-bond acceptors (Lipinski definition) is 3. The van der Waals surface area contributed by atoms with Crippen LogP contribution in [0.15, 0.2) is 48.5 Å². The number of hydrogen-bond donors (Lipinski definition) is 2. The van der Waals surface area contributed by atoms with Gasteiger partial charge in [0.25, 0.3) is 0 Å². The van der Waals surface area contributed by atoms with Crippen molar-refractivity contribution in [1.82, 2.24) is 0 Å². The van der Waals surface area contributed by atoms with Gasteiger partial charge in [-0.2, -0.15) is 8.78 Å². The van der Waals surface area contributed by atoms with Crippen molar-refractivity contribution in [2.45, 2.75) is 13.2 Å². The number of para-hydroxylation sites is 1. The van der Waals surface area contributed by atoms with E-state index in [2.05, 4.69) is 10.1 Å². The van der Waals surface area contributed by atoms with Crippen LogP contribution < -0.4 is 10.1 Å². The first-order valence-electron chi connectivity index (χ1n) is 6.16. The monoisotopic (exact) mass is 293 g/mol. The second-order valence-electron chi connectivity index (χ2n) is 4.23. The molecule has 2 aromatic rings. The van der Waals surface area contributed by atoms with Crippen molar-refractivity contribution in [2.75, 3.05) is 5.32 Å². The molecule has 0 radical (unpaired) electrons. The van der Waals surface area contributed by atoms with E-state index in [1.54, 1.807) is 30.3 Å². The molecule has 0 heterocycles. The highest BCUT2D eigenvalue weighted by molar-refractivity contribution is 5.88. The van der Waals surface area contributed by atoms with Crippen LogP contribution in [-0.4, -0.2) is 17.7 Å². The Hall–Kier alpha value is -2.63. The van der Waals surface area contributed by atoms with Gasteiger partial charge < -0.3 is 15.2 Å². The summed E-state index contributed by atoms with van der Waals surface area (Å²) in [5.41, 5.74) is 1.29. The topological polar surface area (TPSA) is 58.6 Å². The average Bonchev–Trinajstić information content (AvgIpc) is 2.46. The molecule has 0 aliphatic rings. The van der Waals surface area contributed by atoms with Crippen LogP contribution >= 0.6 is 0 Å². The first-order chi connectivity index (χ1) is 10.1. The number of carbonyl (C=O) groups is 1. The van der Waals surface area contributed by atoms with E-state index in [0.29, 0.717) is 11.3 Å². The lowest BCUT2D eigenvalue weighted by atomic mass is 10.1. The number of carboxylic acids is 1. The second-order valence-corrected chi connectivity index (χ2v) is 4.23. The molecule has 6 heteroatoms. The van der Waals surface area contributed by atoms with Gasteiger partial charge >= 0.3 is 12.6 Å². The highest BCUT2D eigenvalue weighted by Gasteiger charge is 2.09. The molecule has 0 atom stereocenters. The molecule has 0 bridgehead atoms. The molecular weight excluding hydrogens is 280 g/mol. The third kappa shape index (κ3) is 4.17. The van der Waals surface area contributed by atoms with Crippen LogP contribution in [0.2, 0.25) is 0 Å². The molecule has 4 nitrogen and oxygen atoms in total. The van der Waals surface area contributed by atoms with Gasteiger partial charge in [-0.05, 0) is 24.3 Å². The Morgan fingerprint density at radius 2 is 1.95 bits per heavy atom. The van der Waals surface area contributed by atoms with Crippen molar-refractivity contribution in [3.8, 4) is 5.75 Å². The Morgan fingerprint density at radius 1 is 1.19 bits per heavy atom. The van der Waals surface area contributed by atoms with Gasteiger partial charge in [0.15, 0.2) is 0 Å². The first kappa shape index (κ1) is 14.8. The number of aromatic carboxylic acids is 1. The number of benzene rings is 2. The molecule has 110 valence electrons. The zero-order chi connectivity index (χ0) is 15.2. The van der Waals surface area contributed by atoms with Crippen LogP contribution in [0.25, 0.3) is 0 Å². The van der Waals surface area contributed by atoms with Gasteiger partial charge in [0.1, 0.15) is 5.75 Å². The van der Waals surface area contributed by atoms with Gasteiger partial charge in [-0.1, -0.05) is 24.3 Å². The van der Waals surface area contributed by atoms with E-state index in [1.165, 1.54) is 18.2 Å². The fourth-order valence-electron chi connectivity index (χ4n) is 1.82. The zero-order valence-corrected chi connectivity index (χ0v) is 10.9. The average molecular weight is 293 g/mol. The lowest BCUT2D eigenvalue weighted by molar-refractivity contribution is -0.0504. The van der Waals surface area contributed by atoms with E-state index in [4.69, 9.17) is 5.11 Å². The third-order valence-corrected chi connectivity index (χ3v) is 2.78. The smallest absolute Gasteiger partial charge is 0.387 e. The van der Waals surface area contributed by atoms with E-state index < -0.39 is 12.6 Å². The molecule has 2 N–H and O–H groups in total. The highest BCUT2D eigenvalue weighted by atomic mass is 19.3. The first-order valence-corrected chi connectivity index (χ1v) is 6.16. The molecule has 0 fully saturated rings. The number of nitrogens with one attached hydrogen (secondary N) is 1. The van der Waals surface area contributed by atoms with Gasteiger partial charge in [0.05, 0.1) is 5.56 Å². The maximum absolute atomic E-state index is 12.3. The predicted octanol–water partition coefficient (Wildman–Crippen LogP) is 3.60. The van der Waals surface area contributed by atoms with Gasteiger partial charge in [-0.3, -0.25) is 0 Å². The summed E-state index contributed by atoms with van der Waals surface area (Å²) in [6.07, 6.45) is 0. The minimum atomic E-state index is -2.89. The minimum Gasteiger partial charge on any atom is -0.478 e. The van der Waals surface area contributed by atoms with Crippen molar-refractivity contribution in [2.24, 2.45) is 0 Å². The second kappa shape index (κ2) is 6.69. The van der Waals surface area contributed by atoms with Gasteiger partial charge in [-0.15, -0.1) is 0 Å². The molecule has 2 aromatic carbocycles. The summed E-state index contributed by atoms with van der Waals surface area (Å²) in [4.78, 5) is 10.9. The van der Waals surface area contributed by atoms with Crippen LogP contribution in [0.1, 0.15) is 15.9 Å². The van der Waals surface area contributed by atoms with Crippen molar-refractivity contribution in [3.05, 3.63) is 59.7 Å².